The highest BCUT2D eigenvalue weighted by atomic mass is 16.4. The molecule has 0 fully saturated rings. The largest absolute Gasteiger partial charge is 0.481 e. The van der Waals surface area contributed by atoms with Gasteiger partial charge in [-0.3, -0.25) is 4.79 Å². The van der Waals surface area contributed by atoms with Crippen molar-refractivity contribution in [3.05, 3.63) is 29.9 Å². The van der Waals surface area contributed by atoms with Gasteiger partial charge in [0.2, 0.25) is 0 Å². The number of rotatable bonds is 4. The third-order valence-electron chi connectivity index (χ3n) is 2.09. The predicted molar refractivity (Wildman–Crippen MR) is 54.9 cm³/mol. The molecule has 0 radical (unpaired) electrons. The van der Waals surface area contributed by atoms with Gasteiger partial charge in [0.1, 0.15) is 11.5 Å². The first-order valence-electron chi connectivity index (χ1n) is 4.88. The van der Waals surface area contributed by atoms with Crippen molar-refractivity contribution < 1.29 is 18.7 Å². The Morgan fingerprint density at radius 3 is 2.88 bits per heavy atom. The molecule has 16 heavy (non-hydrogen) atoms. The minimum Gasteiger partial charge on any atom is -0.481 e. The summed E-state index contributed by atoms with van der Waals surface area (Å²) in [5, 5.41) is 8.52. The molecule has 0 aromatic carbocycles. The molecule has 5 nitrogen and oxygen atoms in total. The Morgan fingerprint density at radius 2 is 2.25 bits per heavy atom. The number of carboxylic acids is 1. The number of carbonyl (C=O) groups is 1. The predicted octanol–water partition coefficient (Wildman–Crippen LogP) is 2.26. The van der Waals surface area contributed by atoms with Crippen LogP contribution >= 0.6 is 0 Å². The molecule has 0 aliphatic carbocycles. The third kappa shape index (κ3) is 2.31. The van der Waals surface area contributed by atoms with Crippen LogP contribution in [0.5, 0.6) is 0 Å². The maximum atomic E-state index is 10.4. The molecule has 2 aromatic heterocycles. The second-order valence-corrected chi connectivity index (χ2v) is 3.44. The van der Waals surface area contributed by atoms with Crippen molar-refractivity contribution in [3.8, 4) is 11.7 Å². The first kappa shape index (κ1) is 10.5. The van der Waals surface area contributed by atoms with Gasteiger partial charge in [0.15, 0.2) is 5.76 Å². The van der Waals surface area contributed by atoms with Gasteiger partial charge in [-0.2, -0.15) is 0 Å². The number of carboxylic acid groups (broad SMARTS) is 1. The molecule has 5 heteroatoms. The second-order valence-electron chi connectivity index (χ2n) is 3.44. The lowest BCUT2D eigenvalue weighted by molar-refractivity contribution is -0.137. The summed E-state index contributed by atoms with van der Waals surface area (Å²) in [5.74, 6) is 1.41. The molecule has 2 aromatic rings. The van der Waals surface area contributed by atoms with Gasteiger partial charge in [-0.05, 0) is 19.1 Å². The fourth-order valence-electron chi connectivity index (χ4n) is 1.32. The molecule has 0 atom stereocenters. The third-order valence-corrected chi connectivity index (χ3v) is 2.09. The van der Waals surface area contributed by atoms with Gasteiger partial charge in [-0.15, -0.1) is 0 Å². The van der Waals surface area contributed by atoms with Gasteiger partial charge in [-0.25, -0.2) is 4.98 Å². The van der Waals surface area contributed by atoms with Crippen LogP contribution in [0.15, 0.2) is 27.2 Å². The van der Waals surface area contributed by atoms with Crippen LogP contribution in [0.2, 0.25) is 0 Å². The first-order valence-corrected chi connectivity index (χ1v) is 4.88. The number of hydrogen-bond donors (Lipinski definition) is 1. The molecule has 1 N–H and O–H groups in total. The van der Waals surface area contributed by atoms with Crippen molar-refractivity contribution in [2.45, 2.75) is 19.8 Å². The average Bonchev–Trinajstić information content (AvgIpc) is 2.83. The molecular weight excluding hydrogens is 210 g/mol. The second kappa shape index (κ2) is 4.22. The fraction of sp³-hybridized carbons (Fsp3) is 0.273. The Balaban J connectivity index is 2.10. The average molecular weight is 221 g/mol. The van der Waals surface area contributed by atoms with E-state index in [2.05, 4.69) is 4.98 Å². The van der Waals surface area contributed by atoms with E-state index >= 15 is 0 Å². The Labute approximate surface area is 91.7 Å². The SMILES string of the molecule is Cc1ccc(-c2ncc(CCC(=O)O)o2)o1. The van der Waals surface area contributed by atoms with Gasteiger partial charge in [0, 0.05) is 6.42 Å². The van der Waals surface area contributed by atoms with E-state index in [1.54, 1.807) is 6.07 Å². The molecule has 0 unspecified atom stereocenters. The van der Waals surface area contributed by atoms with Crippen molar-refractivity contribution in [3.63, 3.8) is 0 Å². The van der Waals surface area contributed by atoms with E-state index in [1.807, 2.05) is 13.0 Å². The highest BCUT2D eigenvalue weighted by molar-refractivity contribution is 5.66. The zero-order valence-corrected chi connectivity index (χ0v) is 8.77. The molecule has 0 aliphatic rings. The smallest absolute Gasteiger partial charge is 0.303 e. The van der Waals surface area contributed by atoms with Crippen LogP contribution in [0.4, 0.5) is 0 Å². The normalized spacial score (nSPS) is 10.6. The summed E-state index contributed by atoms with van der Waals surface area (Å²) >= 11 is 0. The summed E-state index contributed by atoms with van der Waals surface area (Å²) in [4.78, 5) is 14.4. The topological polar surface area (TPSA) is 76.5 Å². The quantitative estimate of drug-likeness (QED) is 0.856. The van der Waals surface area contributed by atoms with E-state index in [0.717, 1.165) is 5.76 Å². The maximum absolute atomic E-state index is 10.4. The molecule has 0 spiro atoms. The van der Waals surface area contributed by atoms with Crippen molar-refractivity contribution in [1.29, 1.82) is 0 Å². The van der Waals surface area contributed by atoms with Crippen LogP contribution in [0.1, 0.15) is 17.9 Å². The summed E-state index contributed by atoms with van der Waals surface area (Å²) in [5.41, 5.74) is 0. The fourth-order valence-corrected chi connectivity index (χ4v) is 1.32. The molecule has 2 heterocycles. The van der Waals surface area contributed by atoms with E-state index < -0.39 is 5.97 Å². The lowest BCUT2D eigenvalue weighted by atomic mass is 10.3. The van der Waals surface area contributed by atoms with Gasteiger partial charge in [0.25, 0.3) is 5.89 Å². The summed E-state index contributed by atoms with van der Waals surface area (Å²) < 4.78 is 10.7. The van der Waals surface area contributed by atoms with Crippen molar-refractivity contribution in [2.75, 3.05) is 0 Å². The van der Waals surface area contributed by atoms with Crippen LogP contribution in [0, 0.1) is 6.92 Å². The minimum absolute atomic E-state index is 0.0335. The number of nitrogens with zero attached hydrogens (tertiary/aromatic N) is 1. The van der Waals surface area contributed by atoms with Crippen molar-refractivity contribution in [1.82, 2.24) is 4.98 Å². The maximum Gasteiger partial charge on any atom is 0.303 e. The van der Waals surface area contributed by atoms with Crippen molar-refractivity contribution >= 4 is 5.97 Å². The molecule has 2 rings (SSSR count). The number of aliphatic carboxylic acids is 1. The van der Waals surface area contributed by atoms with Crippen LogP contribution < -0.4 is 0 Å². The molecule has 0 saturated heterocycles. The highest BCUT2D eigenvalue weighted by Crippen LogP contribution is 2.21. The lowest BCUT2D eigenvalue weighted by Gasteiger charge is -1.91. The van der Waals surface area contributed by atoms with Crippen LogP contribution in [-0.4, -0.2) is 16.1 Å². The highest BCUT2D eigenvalue weighted by Gasteiger charge is 2.10. The summed E-state index contributed by atoms with van der Waals surface area (Å²) in [6.45, 7) is 1.83. The van der Waals surface area contributed by atoms with Crippen molar-refractivity contribution in [2.24, 2.45) is 0 Å². The monoisotopic (exact) mass is 221 g/mol. The Bertz CT molecular complexity index is 498. The van der Waals surface area contributed by atoms with Crippen LogP contribution in [-0.2, 0) is 11.2 Å². The molecule has 0 aliphatic heterocycles. The van der Waals surface area contributed by atoms with Crippen LogP contribution in [0.25, 0.3) is 11.7 Å². The van der Waals surface area contributed by atoms with E-state index in [1.165, 1.54) is 6.20 Å². The van der Waals surface area contributed by atoms with E-state index in [0.29, 0.717) is 23.8 Å². The Hall–Kier alpha value is -2.04. The zero-order chi connectivity index (χ0) is 11.5. The molecule has 84 valence electrons. The van der Waals surface area contributed by atoms with Gasteiger partial charge in [0.05, 0.1) is 12.6 Å². The lowest BCUT2D eigenvalue weighted by Crippen LogP contribution is -1.96. The Morgan fingerprint density at radius 1 is 1.44 bits per heavy atom. The summed E-state index contributed by atoms with van der Waals surface area (Å²) in [6.07, 6.45) is 1.89. The van der Waals surface area contributed by atoms with E-state index in [4.69, 9.17) is 13.9 Å². The van der Waals surface area contributed by atoms with E-state index in [9.17, 15) is 4.79 Å². The molecule has 0 bridgehead atoms. The Kier molecular flexibility index (Phi) is 2.76. The minimum atomic E-state index is -0.855. The van der Waals surface area contributed by atoms with Gasteiger partial charge in [-0.1, -0.05) is 0 Å². The summed E-state index contributed by atoms with van der Waals surface area (Å²) in [7, 11) is 0. The number of hydrogen-bond acceptors (Lipinski definition) is 4. The summed E-state index contributed by atoms with van der Waals surface area (Å²) in [6, 6.07) is 3.58. The standard InChI is InChI=1S/C11H11NO4/c1-7-2-4-9(15-7)11-12-6-8(16-11)3-5-10(13)14/h2,4,6H,3,5H2,1H3,(H,13,14). The van der Waals surface area contributed by atoms with Gasteiger partial charge < -0.3 is 13.9 Å². The number of aromatic nitrogens is 1. The number of aryl methyl sites for hydroxylation is 2. The molecular formula is C11H11NO4. The van der Waals surface area contributed by atoms with E-state index in [-0.39, 0.29) is 6.42 Å². The zero-order valence-electron chi connectivity index (χ0n) is 8.77. The first-order chi connectivity index (χ1) is 7.65. The number of oxazole rings is 1. The molecule has 0 saturated carbocycles. The number of furan rings is 1. The molecule has 0 amide bonds. The van der Waals surface area contributed by atoms with Gasteiger partial charge >= 0.3 is 5.97 Å². The van der Waals surface area contributed by atoms with Crippen LogP contribution in [0.3, 0.4) is 0 Å².